The summed E-state index contributed by atoms with van der Waals surface area (Å²) in [6, 6.07) is 5.49. The Morgan fingerprint density at radius 1 is 1.40 bits per heavy atom. The Balaban J connectivity index is 2.14. The highest BCUT2D eigenvalue weighted by Crippen LogP contribution is 2.20. The van der Waals surface area contributed by atoms with Gasteiger partial charge in [-0.25, -0.2) is 0 Å². The van der Waals surface area contributed by atoms with E-state index in [0.717, 1.165) is 0 Å². The molecule has 1 aromatic carbocycles. The Bertz CT molecular complexity index is 607. The molecule has 0 aromatic heterocycles. The first-order chi connectivity index (χ1) is 9.45. The van der Waals surface area contributed by atoms with E-state index in [1.807, 2.05) is 6.92 Å². The fraction of sp³-hybridized carbons (Fsp3) is 0.286. The zero-order chi connectivity index (χ0) is 14.7. The number of nitrogens with one attached hydrogen (secondary N) is 1. The summed E-state index contributed by atoms with van der Waals surface area (Å²) in [5.41, 5.74) is 0.621. The van der Waals surface area contributed by atoms with Gasteiger partial charge in [0.1, 0.15) is 0 Å². The molecular formula is C14H14N2O4. The molecule has 2 rings (SSSR count). The van der Waals surface area contributed by atoms with Gasteiger partial charge in [-0.05, 0) is 18.4 Å². The van der Waals surface area contributed by atoms with Crippen LogP contribution in [0.15, 0.2) is 36.0 Å². The third-order valence-electron chi connectivity index (χ3n) is 3.05. The van der Waals surface area contributed by atoms with E-state index in [1.54, 1.807) is 0 Å². The molecule has 0 fully saturated rings. The number of hydrogen-bond donors (Lipinski definition) is 1. The second kappa shape index (κ2) is 5.64. The molecule has 0 aliphatic heterocycles. The fourth-order valence-corrected chi connectivity index (χ4v) is 2.17. The maximum absolute atomic E-state index is 12.0. The molecule has 1 aromatic rings. The molecule has 0 bridgehead atoms. The van der Waals surface area contributed by atoms with Crippen molar-refractivity contribution in [2.75, 3.05) is 0 Å². The van der Waals surface area contributed by atoms with Crippen molar-refractivity contribution in [1.82, 2.24) is 5.32 Å². The molecule has 0 saturated heterocycles. The number of nitro groups is 1. The summed E-state index contributed by atoms with van der Waals surface area (Å²) in [6.45, 7) is 1.93. The Labute approximate surface area is 115 Å². The summed E-state index contributed by atoms with van der Waals surface area (Å²) in [7, 11) is 0. The standard InChI is InChI=1S/C14H14N2O4/c1-9-5-11(8-13(17)6-9)15-14(18)10-3-2-4-12(7-10)16(19)20/h2-4,7-9H,5-6H2,1H3,(H,15,18). The van der Waals surface area contributed by atoms with E-state index in [2.05, 4.69) is 5.32 Å². The van der Waals surface area contributed by atoms with E-state index in [1.165, 1.54) is 30.3 Å². The minimum Gasteiger partial charge on any atom is -0.326 e. The quantitative estimate of drug-likeness (QED) is 0.676. The average Bonchev–Trinajstić information content (AvgIpc) is 2.37. The van der Waals surface area contributed by atoms with E-state index < -0.39 is 10.8 Å². The smallest absolute Gasteiger partial charge is 0.270 e. The van der Waals surface area contributed by atoms with Crippen LogP contribution in [0.2, 0.25) is 0 Å². The van der Waals surface area contributed by atoms with Crippen LogP contribution in [0.4, 0.5) is 5.69 Å². The van der Waals surface area contributed by atoms with E-state index in [9.17, 15) is 19.7 Å². The molecule has 1 N–H and O–H groups in total. The van der Waals surface area contributed by atoms with Gasteiger partial charge in [0.15, 0.2) is 5.78 Å². The summed E-state index contributed by atoms with van der Waals surface area (Å²) in [5.74, 6) is -0.271. The molecule has 0 radical (unpaired) electrons. The van der Waals surface area contributed by atoms with Crippen LogP contribution in [0.1, 0.15) is 30.1 Å². The van der Waals surface area contributed by atoms with Crippen LogP contribution in [0, 0.1) is 16.0 Å². The maximum atomic E-state index is 12.0. The lowest BCUT2D eigenvalue weighted by Gasteiger charge is -2.18. The van der Waals surface area contributed by atoms with E-state index in [0.29, 0.717) is 18.5 Å². The molecule has 6 heteroatoms. The van der Waals surface area contributed by atoms with Crippen molar-refractivity contribution in [2.45, 2.75) is 19.8 Å². The van der Waals surface area contributed by atoms with Gasteiger partial charge >= 0.3 is 0 Å². The largest absolute Gasteiger partial charge is 0.326 e. The predicted octanol–water partition coefficient (Wildman–Crippen LogP) is 2.21. The lowest BCUT2D eigenvalue weighted by molar-refractivity contribution is -0.384. The Morgan fingerprint density at radius 3 is 2.80 bits per heavy atom. The SMILES string of the molecule is CC1CC(=O)C=C(NC(=O)c2cccc([N+](=O)[O-])c2)C1. The third-order valence-corrected chi connectivity index (χ3v) is 3.05. The summed E-state index contributed by atoms with van der Waals surface area (Å²) >= 11 is 0. The fourth-order valence-electron chi connectivity index (χ4n) is 2.17. The van der Waals surface area contributed by atoms with Gasteiger partial charge in [-0.1, -0.05) is 13.0 Å². The molecule has 0 spiro atoms. The molecular weight excluding hydrogens is 260 g/mol. The van der Waals surface area contributed by atoms with Crippen molar-refractivity contribution in [3.05, 3.63) is 51.7 Å². The van der Waals surface area contributed by atoms with Crippen LogP contribution in [-0.4, -0.2) is 16.6 Å². The number of amides is 1. The number of carbonyl (C=O) groups is 2. The normalized spacial score (nSPS) is 18.4. The lowest BCUT2D eigenvalue weighted by atomic mass is 9.93. The minimum atomic E-state index is -0.553. The number of nitro benzene ring substituents is 1. The number of non-ortho nitro benzene ring substituents is 1. The first-order valence-corrected chi connectivity index (χ1v) is 6.25. The number of ketones is 1. The highest BCUT2D eigenvalue weighted by molar-refractivity contribution is 5.97. The van der Waals surface area contributed by atoms with Gasteiger partial charge in [0.25, 0.3) is 11.6 Å². The van der Waals surface area contributed by atoms with E-state index in [4.69, 9.17) is 0 Å². The molecule has 20 heavy (non-hydrogen) atoms. The molecule has 1 atom stereocenters. The Hall–Kier alpha value is -2.50. The molecule has 1 unspecified atom stereocenters. The minimum absolute atomic E-state index is 0.0157. The number of hydrogen-bond acceptors (Lipinski definition) is 4. The van der Waals surface area contributed by atoms with Crippen LogP contribution in [0.5, 0.6) is 0 Å². The summed E-state index contributed by atoms with van der Waals surface area (Å²) in [4.78, 5) is 33.6. The highest BCUT2D eigenvalue weighted by Gasteiger charge is 2.19. The summed E-state index contributed by atoms with van der Waals surface area (Å²) in [5, 5.41) is 13.3. The number of nitrogens with zero attached hydrogens (tertiary/aromatic N) is 1. The Morgan fingerprint density at radius 2 is 2.15 bits per heavy atom. The van der Waals surface area contributed by atoms with Gasteiger partial charge in [-0.2, -0.15) is 0 Å². The second-order valence-electron chi connectivity index (χ2n) is 4.91. The first-order valence-electron chi connectivity index (χ1n) is 6.25. The van der Waals surface area contributed by atoms with Crippen LogP contribution >= 0.6 is 0 Å². The predicted molar refractivity (Wildman–Crippen MR) is 72.1 cm³/mol. The number of carbonyl (C=O) groups excluding carboxylic acids is 2. The van der Waals surface area contributed by atoms with Crippen molar-refractivity contribution in [3.8, 4) is 0 Å². The molecule has 1 aliphatic rings. The van der Waals surface area contributed by atoms with Crippen LogP contribution < -0.4 is 5.32 Å². The van der Waals surface area contributed by atoms with Gasteiger partial charge in [-0.3, -0.25) is 19.7 Å². The lowest BCUT2D eigenvalue weighted by Crippen LogP contribution is -2.27. The topological polar surface area (TPSA) is 89.3 Å². The van der Waals surface area contributed by atoms with Crippen molar-refractivity contribution in [2.24, 2.45) is 5.92 Å². The Kier molecular flexibility index (Phi) is 3.93. The number of allylic oxidation sites excluding steroid dienone is 2. The monoisotopic (exact) mass is 274 g/mol. The van der Waals surface area contributed by atoms with Gasteiger partial charge in [-0.15, -0.1) is 0 Å². The molecule has 104 valence electrons. The van der Waals surface area contributed by atoms with E-state index in [-0.39, 0.29) is 23.0 Å². The average molecular weight is 274 g/mol. The van der Waals surface area contributed by atoms with Crippen molar-refractivity contribution in [1.29, 1.82) is 0 Å². The van der Waals surface area contributed by atoms with Crippen molar-refractivity contribution in [3.63, 3.8) is 0 Å². The maximum Gasteiger partial charge on any atom is 0.270 e. The first kappa shape index (κ1) is 13.9. The summed E-state index contributed by atoms with van der Waals surface area (Å²) < 4.78 is 0. The summed E-state index contributed by atoms with van der Waals surface area (Å²) in [6.07, 6.45) is 2.53. The molecule has 1 amide bonds. The van der Waals surface area contributed by atoms with Gasteiger partial charge < -0.3 is 5.32 Å². The van der Waals surface area contributed by atoms with Crippen molar-refractivity contribution < 1.29 is 14.5 Å². The molecule has 0 saturated carbocycles. The van der Waals surface area contributed by atoms with Crippen LogP contribution in [0.3, 0.4) is 0 Å². The van der Waals surface area contributed by atoms with Crippen molar-refractivity contribution >= 4 is 17.4 Å². The van der Waals surface area contributed by atoms with Gasteiger partial charge in [0.05, 0.1) is 4.92 Å². The van der Waals surface area contributed by atoms with Gasteiger partial charge in [0, 0.05) is 35.9 Å². The second-order valence-corrected chi connectivity index (χ2v) is 4.91. The molecule has 1 aliphatic carbocycles. The number of rotatable bonds is 3. The zero-order valence-corrected chi connectivity index (χ0v) is 11.0. The van der Waals surface area contributed by atoms with Gasteiger partial charge in [0.2, 0.25) is 0 Å². The van der Waals surface area contributed by atoms with Crippen LogP contribution in [0.25, 0.3) is 0 Å². The van der Waals surface area contributed by atoms with Crippen LogP contribution in [-0.2, 0) is 4.79 Å². The molecule has 6 nitrogen and oxygen atoms in total. The third kappa shape index (κ3) is 3.28. The highest BCUT2D eigenvalue weighted by atomic mass is 16.6. The molecule has 0 heterocycles. The zero-order valence-electron chi connectivity index (χ0n) is 11.0. The number of benzene rings is 1. The van der Waals surface area contributed by atoms with E-state index >= 15 is 0 Å².